The third-order valence-corrected chi connectivity index (χ3v) is 10.8. The van der Waals surface area contributed by atoms with Crippen LogP contribution in [0.15, 0.2) is 100 Å². The molecule has 368 valence electrons. The van der Waals surface area contributed by atoms with Crippen LogP contribution in [0, 0.1) is 0 Å². The number of amides is 2. The number of rotatable bonds is 24. The Morgan fingerprint density at radius 1 is 0.739 bits per heavy atom. The highest BCUT2D eigenvalue weighted by atomic mass is 16.7. The van der Waals surface area contributed by atoms with E-state index in [1.54, 1.807) is 46.3 Å². The molecule has 5 aromatic rings. The molecule has 17 nitrogen and oxygen atoms in total. The van der Waals surface area contributed by atoms with Gasteiger partial charge in [-0.3, -0.25) is 14.4 Å². The van der Waals surface area contributed by atoms with Crippen molar-refractivity contribution in [3.63, 3.8) is 0 Å². The van der Waals surface area contributed by atoms with Gasteiger partial charge in [-0.1, -0.05) is 74.9 Å². The number of Topliss-reactive ketones (excluding diaryl/α,β-unsaturated/α-hetero) is 1. The Hall–Kier alpha value is -6.60. The highest BCUT2D eigenvalue weighted by Gasteiger charge is 2.28. The SMILES string of the molecule is CC(=O)CCC(=O)N1Cc2ccccc2/C(N(N)CCOCCOCCOCCOCCOCCNC(=O)c2ccc(-c3cc(=O)c4ccc5c(c4o3)OCO5)cc2)=C(/N)c2ccccc21.CCC. The van der Waals surface area contributed by atoms with Crippen molar-refractivity contribution in [3.8, 4) is 22.8 Å². The molecule has 1 aromatic heterocycles. The first-order chi connectivity index (χ1) is 33.6. The zero-order valence-electron chi connectivity index (χ0n) is 39.6. The van der Waals surface area contributed by atoms with Gasteiger partial charge >= 0.3 is 0 Å². The molecule has 3 heterocycles. The first kappa shape index (κ1) is 51.8. The van der Waals surface area contributed by atoms with Crippen molar-refractivity contribution in [2.24, 2.45) is 11.6 Å². The molecule has 4 aromatic carbocycles. The summed E-state index contributed by atoms with van der Waals surface area (Å²) in [6, 6.07) is 26.7. The monoisotopic (exact) mass is 949 g/mol. The van der Waals surface area contributed by atoms with E-state index in [0.717, 1.165) is 11.1 Å². The molecule has 69 heavy (non-hydrogen) atoms. The van der Waals surface area contributed by atoms with Gasteiger partial charge in [-0.15, -0.1) is 0 Å². The fourth-order valence-corrected chi connectivity index (χ4v) is 7.41. The van der Waals surface area contributed by atoms with Crippen molar-refractivity contribution in [1.29, 1.82) is 0 Å². The minimum Gasteiger partial charge on any atom is -0.453 e. The highest BCUT2D eigenvalue weighted by Crippen LogP contribution is 2.40. The Morgan fingerprint density at radius 2 is 1.35 bits per heavy atom. The van der Waals surface area contributed by atoms with Crippen LogP contribution in [0.3, 0.4) is 0 Å². The smallest absolute Gasteiger partial charge is 0.251 e. The molecule has 0 saturated heterocycles. The number of ketones is 1. The summed E-state index contributed by atoms with van der Waals surface area (Å²) in [5, 5.41) is 4.81. The lowest BCUT2D eigenvalue weighted by Gasteiger charge is -2.33. The summed E-state index contributed by atoms with van der Waals surface area (Å²) >= 11 is 0. The lowest BCUT2D eigenvalue weighted by atomic mass is 9.95. The zero-order valence-corrected chi connectivity index (χ0v) is 39.6. The maximum atomic E-state index is 13.4. The molecule has 0 bridgehead atoms. The second-order valence-corrected chi connectivity index (χ2v) is 16.1. The first-order valence-corrected chi connectivity index (χ1v) is 23.2. The molecule has 0 fully saturated rings. The maximum absolute atomic E-state index is 13.4. The number of para-hydroxylation sites is 1. The van der Waals surface area contributed by atoms with Crippen LogP contribution in [0.5, 0.6) is 11.5 Å². The van der Waals surface area contributed by atoms with E-state index in [2.05, 4.69) is 19.2 Å². The predicted molar refractivity (Wildman–Crippen MR) is 262 cm³/mol. The molecule has 0 saturated carbocycles. The Bertz CT molecular complexity index is 2580. The van der Waals surface area contributed by atoms with Crippen LogP contribution in [0.25, 0.3) is 33.7 Å². The zero-order chi connectivity index (χ0) is 49.0. The number of hydrazine groups is 1. The van der Waals surface area contributed by atoms with Gasteiger partial charge in [0.15, 0.2) is 16.8 Å². The summed E-state index contributed by atoms with van der Waals surface area (Å²) in [5.41, 5.74) is 12.1. The van der Waals surface area contributed by atoms with Gasteiger partial charge in [-0.2, -0.15) is 0 Å². The fraction of sp³-hybridized carbons (Fsp3) is 0.385. The Balaban J connectivity index is 0.00000254. The molecular formula is C52H63N5O12. The number of fused-ring (bicyclic) bond motifs is 5. The van der Waals surface area contributed by atoms with Crippen LogP contribution in [0.2, 0.25) is 0 Å². The van der Waals surface area contributed by atoms with Gasteiger partial charge in [0.2, 0.25) is 18.4 Å². The number of ether oxygens (including phenoxy) is 7. The van der Waals surface area contributed by atoms with Crippen molar-refractivity contribution in [2.75, 3.05) is 90.9 Å². The van der Waals surface area contributed by atoms with E-state index in [4.69, 9.17) is 49.2 Å². The topological polar surface area (TPSA) is 217 Å². The minimum absolute atomic E-state index is 0.0409. The predicted octanol–water partition coefficient (Wildman–Crippen LogP) is 6.29. The average molecular weight is 950 g/mol. The van der Waals surface area contributed by atoms with Gasteiger partial charge in [-0.05, 0) is 42.8 Å². The van der Waals surface area contributed by atoms with Crippen LogP contribution < -0.4 is 36.7 Å². The summed E-state index contributed by atoms with van der Waals surface area (Å²) in [4.78, 5) is 52.1. The van der Waals surface area contributed by atoms with E-state index in [1.165, 1.54) is 19.4 Å². The molecule has 2 aliphatic rings. The first-order valence-electron chi connectivity index (χ1n) is 23.2. The molecule has 0 atom stereocenters. The van der Waals surface area contributed by atoms with E-state index in [0.29, 0.717) is 148 Å². The van der Waals surface area contributed by atoms with Gasteiger partial charge in [0.25, 0.3) is 5.91 Å². The molecule has 17 heteroatoms. The van der Waals surface area contributed by atoms with Crippen LogP contribution in [-0.2, 0) is 39.8 Å². The Kier molecular flexibility index (Phi) is 20.1. The summed E-state index contributed by atoms with van der Waals surface area (Å²) in [6.45, 7) is 10.5. The lowest BCUT2D eigenvalue weighted by Crippen LogP contribution is -2.37. The van der Waals surface area contributed by atoms with Gasteiger partial charge < -0.3 is 63.3 Å². The summed E-state index contributed by atoms with van der Waals surface area (Å²) in [6.07, 6.45) is 1.53. The van der Waals surface area contributed by atoms with E-state index in [-0.39, 0.29) is 42.7 Å². The number of carbonyl (C=O) groups is 3. The van der Waals surface area contributed by atoms with Crippen molar-refractivity contribution in [3.05, 3.63) is 123 Å². The quantitative estimate of drug-likeness (QED) is 0.0352. The molecule has 5 N–H and O–H groups in total. The summed E-state index contributed by atoms with van der Waals surface area (Å²) < 4.78 is 45.1. The van der Waals surface area contributed by atoms with Crippen LogP contribution in [-0.4, -0.2) is 109 Å². The van der Waals surface area contributed by atoms with E-state index >= 15 is 0 Å². The standard InChI is InChI=1S/C49H55N5O12.C3H8/c1-33(55)10-17-44(57)53-31-36-6-2-3-7-37(36)46(45(50)38-8-4-5-9-40(38)53)54(51)19-21-60-23-25-62-27-29-63-28-26-61-24-22-59-20-18-52-49(58)35-13-11-34(12-14-35)43-30-41(56)39-15-16-42-48(47(39)66-43)65-32-64-42;1-3-2/h2-9,11-16,30H,10,17-29,31-32,50-51H2,1H3,(H,52,58);3H2,1-2H3/b46-45-;. The number of nitrogens with two attached hydrogens (primary N) is 2. The number of carbonyl (C=O) groups excluding carboxylic acids is 3. The molecular weight excluding hydrogens is 887 g/mol. The minimum atomic E-state index is -0.255. The number of hydrogen-bond acceptors (Lipinski definition) is 15. The third kappa shape index (κ3) is 14.5. The Labute approximate surface area is 402 Å². The van der Waals surface area contributed by atoms with Crippen molar-refractivity contribution < 1.29 is 52.0 Å². The molecule has 2 aliphatic heterocycles. The molecule has 0 aliphatic carbocycles. The van der Waals surface area contributed by atoms with Crippen LogP contribution in [0.1, 0.15) is 67.1 Å². The normalized spacial score (nSPS) is 13.7. The molecule has 0 unspecified atom stereocenters. The van der Waals surface area contributed by atoms with E-state index in [9.17, 15) is 19.2 Å². The van der Waals surface area contributed by atoms with Crippen molar-refractivity contribution >= 4 is 45.6 Å². The number of anilines is 1. The van der Waals surface area contributed by atoms with Gasteiger partial charge in [-0.25, -0.2) is 5.84 Å². The second-order valence-electron chi connectivity index (χ2n) is 16.1. The molecule has 7 rings (SSSR count). The third-order valence-electron chi connectivity index (χ3n) is 10.8. The van der Waals surface area contributed by atoms with Gasteiger partial charge in [0, 0.05) is 47.7 Å². The second kappa shape index (κ2) is 26.8. The van der Waals surface area contributed by atoms with Crippen LogP contribution >= 0.6 is 0 Å². The number of nitrogens with zero attached hydrogens (tertiary/aromatic N) is 2. The van der Waals surface area contributed by atoms with Crippen molar-refractivity contribution in [1.82, 2.24) is 10.3 Å². The lowest BCUT2D eigenvalue weighted by molar-refractivity contribution is -0.123. The van der Waals surface area contributed by atoms with E-state index in [1.807, 2.05) is 48.5 Å². The van der Waals surface area contributed by atoms with Crippen LogP contribution in [0.4, 0.5) is 5.69 Å². The molecule has 0 radical (unpaired) electrons. The highest BCUT2D eigenvalue weighted by molar-refractivity contribution is 6.02. The van der Waals surface area contributed by atoms with Gasteiger partial charge in [0.1, 0.15) is 11.5 Å². The Morgan fingerprint density at radius 3 is 2.01 bits per heavy atom. The van der Waals surface area contributed by atoms with Crippen molar-refractivity contribution in [2.45, 2.75) is 46.6 Å². The van der Waals surface area contributed by atoms with Gasteiger partial charge in [0.05, 0.1) is 102 Å². The molecule has 2 amide bonds. The molecule has 0 spiro atoms. The average Bonchev–Trinajstić information content (AvgIpc) is 3.85. The summed E-state index contributed by atoms with van der Waals surface area (Å²) in [5.74, 6) is 7.47. The fourth-order valence-electron chi connectivity index (χ4n) is 7.41. The number of benzene rings is 4. The maximum Gasteiger partial charge on any atom is 0.251 e. The number of hydrogen-bond donors (Lipinski definition) is 3. The van der Waals surface area contributed by atoms with E-state index < -0.39 is 0 Å². The largest absolute Gasteiger partial charge is 0.453 e. The number of nitrogens with one attached hydrogen (secondary N) is 1. The summed E-state index contributed by atoms with van der Waals surface area (Å²) in [7, 11) is 0.